The average Bonchev–Trinajstić information content (AvgIpc) is 3.20. The number of thiazole rings is 1. The number of sulfonamides is 1. The normalized spacial score (nSPS) is 11.9. The molecule has 0 aliphatic carbocycles. The first-order valence-corrected chi connectivity index (χ1v) is 13.5. The second-order valence-corrected chi connectivity index (χ2v) is 11.4. The molecule has 4 rings (SSSR count). The first kappa shape index (κ1) is 22.0. The van der Waals surface area contributed by atoms with Gasteiger partial charge in [-0.15, -0.1) is 11.3 Å². The molecule has 0 unspecified atom stereocenters. The van der Waals surface area contributed by atoms with Crippen LogP contribution in [-0.2, 0) is 10.0 Å². The van der Waals surface area contributed by atoms with E-state index in [-0.39, 0.29) is 10.8 Å². The third kappa shape index (κ3) is 5.36. The number of nitrogens with zero attached hydrogens (tertiary/aromatic N) is 1. The third-order valence-corrected chi connectivity index (χ3v) is 8.55. The Labute approximate surface area is 191 Å². The van der Waals surface area contributed by atoms with Crippen LogP contribution in [0.3, 0.4) is 0 Å². The lowest BCUT2D eigenvalue weighted by atomic mass is 9.89. The lowest BCUT2D eigenvalue weighted by molar-refractivity contribution is 0.575. The van der Waals surface area contributed by atoms with Gasteiger partial charge in [0.25, 0.3) is 0 Å². The van der Waals surface area contributed by atoms with Crippen LogP contribution in [-0.4, -0.2) is 25.7 Å². The number of thioether (sulfide) groups is 1. The molecular formula is C24H24N2O2S3. The van der Waals surface area contributed by atoms with Gasteiger partial charge in [0.05, 0.1) is 15.1 Å². The van der Waals surface area contributed by atoms with Gasteiger partial charge in [-0.25, -0.2) is 18.1 Å². The molecule has 31 heavy (non-hydrogen) atoms. The van der Waals surface area contributed by atoms with E-state index in [0.717, 1.165) is 20.3 Å². The molecule has 0 saturated carbocycles. The van der Waals surface area contributed by atoms with Gasteiger partial charge in [0, 0.05) is 12.5 Å². The highest BCUT2D eigenvalue weighted by molar-refractivity contribution is 8.01. The predicted molar refractivity (Wildman–Crippen MR) is 131 cm³/mol. The summed E-state index contributed by atoms with van der Waals surface area (Å²) in [6, 6.07) is 25.6. The Balaban J connectivity index is 1.50. The Morgan fingerprint density at radius 3 is 2.23 bits per heavy atom. The number of fused-ring (bicyclic) bond motifs is 1. The highest BCUT2D eigenvalue weighted by Crippen LogP contribution is 2.31. The Kier molecular flexibility index (Phi) is 7.07. The fraction of sp³-hybridized carbons (Fsp3) is 0.208. The van der Waals surface area contributed by atoms with Crippen molar-refractivity contribution in [3.8, 4) is 0 Å². The number of rotatable bonds is 9. The fourth-order valence-corrected chi connectivity index (χ4v) is 6.71. The number of hydrogen-bond donors (Lipinski definition) is 1. The maximum atomic E-state index is 12.9. The SMILES string of the molecule is CCSc1nc2ccc(S(=O)(=O)NCCC(c3ccccc3)c3ccccc3)cc2s1. The Morgan fingerprint density at radius 2 is 1.61 bits per heavy atom. The molecule has 1 aromatic heterocycles. The summed E-state index contributed by atoms with van der Waals surface area (Å²) in [4.78, 5) is 4.83. The molecule has 0 aliphatic rings. The molecule has 1 N–H and O–H groups in total. The zero-order valence-corrected chi connectivity index (χ0v) is 19.6. The summed E-state index contributed by atoms with van der Waals surface area (Å²) in [5.74, 6) is 1.07. The maximum absolute atomic E-state index is 12.9. The zero-order valence-electron chi connectivity index (χ0n) is 17.2. The Hall–Kier alpha value is -2.19. The van der Waals surface area contributed by atoms with Crippen molar-refractivity contribution in [3.05, 3.63) is 90.0 Å². The first-order chi connectivity index (χ1) is 15.1. The highest BCUT2D eigenvalue weighted by Gasteiger charge is 2.18. The number of hydrogen-bond acceptors (Lipinski definition) is 5. The van der Waals surface area contributed by atoms with Crippen LogP contribution in [0.1, 0.15) is 30.4 Å². The standard InChI is InChI=1S/C24H24N2O2S3/c1-2-29-24-26-22-14-13-20(17-23(22)30-24)31(27,28)25-16-15-21(18-9-5-3-6-10-18)19-11-7-4-8-12-19/h3-14,17,21,25H,2,15-16H2,1H3. The lowest BCUT2D eigenvalue weighted by Crippen LogP contribution is -2.26. The number of aromatic nitrogens is 1. The summed E-state index contributed by atoms with van der Waals surface area (Å²) in [6.07, 6.45) is 0.674. The van der Waals surface area contributed by atoms with E-state index in [2.05, 4.69) is 40.9 Å². The summed E-state index contributed by atoms with van der Waals surface area (Å²) in [6.45, 7) is 2.43. The van der Waals surface area contributed by atoms with Crippen molar-refractivity contribution in [2.75, 3.05) is 12.3 Å². The second-order valence-electron chi connectivity index (χ2n) is 7.10. The van der Waals surface area contributed by atoms with Crippen molar-refractivity contribution in [2.24, 2.45) is 0 Å². The summed E-state index contributed by atoms with van der Waals surface area (Å²) in [5, 5.41) is 0. The number of benzene rings is 3. The largest absolute Gasteiger partial charge is 0.240 e. The van der Waals surface area contributed by atoms with Gasteiger partial charge < -0.3 is 0 Å². The molecule has 0 saturated heterocycles. The van der Waals surface area contributed by atoms with Crippen LogP contribution in [0.5, 0.6) is 0 Å². The summed E-state index contributed by atoms with van der Waals surface area (Å²) >= 11 is 3.20. The van der Waals surface area contributed by atoms with Gasteiger partial charge in [-0.05, 0) is 41.5 Å². The minimum atomic E-state index is -3.59. The van der Waals surface area contributed by atoms with Crippen LogP contribution in [0.15, 0.2) is 88.1 Å². The topological polar surface area (TPSA) is 59.1 Å². The Bertz CT molecular complexity index is 1200. The summed E-state index contributed by atoms with van der Waals surface area (Å²) < 4.78 is 30.5. The van der Waals surface area contributed by atoms with Gasteiger partial charge >= 0.3 is 0 Å². The van der Waals surface area contributed by atoms with Gasteiger partial charge in [-0.1, -0.05) is 79.3 Å². The van der Waals surface area contributed by atoms with E-state index in [4.69, 9.17) is 0 Å². The molecule has 3 aromatic carbocycles. The molecule has 1 heterocycles. The molecule has 0 amide bonds. The molecule has 0 radical (unpaired) electrons. The van der Waals surface area contributed by atoms with Gasteiger partial charge in [-0.3, -0.25) is 0 Å². The molecule has 0 fully saturated rings. The fourth-order valence-electron chi connectivity index (χ4n) is 3.55. The van der Waals surface area contributed by atoms with Crippen LogP contribution in [0, 0.1) is 0 Å². The van der Waals surface area contributed by atoms with E-state index >= 15 is 0 Å². The molecule has 0 bridgehead atoms. The molecule has 0 aliphatic heterocycles. The van der Waals surface area contributed by atoms with E-state index in [1.807, 2.05) is 36.4 Å². The second kappa shape index (κ2) is 9.96. The van der Waals surface area contributed by atoms with Crippen molar-refractivity contribution in [3.63, 3.8) is 0 Å². The maximum Gasteiger partial charge on any atom is 0.240 e. The molecule has 160 valence electrons. The van der Waals surface area contributed by atoms with Gasteiger partial charge in [-0.2, -0.15) is 0 Å². The van der Waals surface area contributed by atoms with Crippen molar-refractivity contribution >= 4 is 43.3 Å². The van der Waals surface area contributed by atoms with Crippen molar-refractivity contribution in [2.45, 2.75) is 28.5 Å². The van der Waals surface area contributed by atoms with Crippen LogP contribution in [0.2, 0.25) is 0 Å². The molecule has 0 atom stereocenters. The quantitative estimate of drug-likeness (QED) is 0.310. The smallest absolute Gasteiger partial charge is 0.230 e. The van der Waals surface area contributed by atoms with E-state index in [0.29, 0.717) is 13.0 Å². The van der Waals surface area contributed by atoms with Crippen molar-refractivity contribution < 1.29 is 8.42 Å². The third-order valence-electron chi connectivity index (χ3n) is 5.05. The Morgan fingerprint density at radius 1 is 0.968 bits per heavy atom. The minimum Gasteiger partial charge on any atom is -0.230 e. The van der Waals surface area contributed by atoms with Crippen molar-refractivity contribution in [1.82, 2.24) is 9.71 Å². The van der Waals surface area contributed by atoms with Gasteiger partial charge in [0.1, 0.15) is 0 Å². The summed E-state index contributed by atoms with van der Waals surface area (Å²) in [7, 11) is -3.59. The minimum absolute atomic E-state index is 0.128. The van der Waals surface area contributed by atoms with E-state index in [1.165, 1.54) is 22.5 Å². The van der Waals surface area contributed by atoms with Crippen LogP contribution < -0.4 is 4.72 Å². The predicted octanol–water partition coefficient (Wildman–Crippen LogP) is 5.91. The van der Waals surface area contributed by atoms with Crippen molar-refractivity contribution in [1.29, 1.82) is 0 Å². The van der Waals surface area contributed by atoms with Crippen LogP contribution in [0.25, 0.3) is 10.2 Å². The molecule has 0 spiro atoms. The van der Waals surface area contributed by atoms with Crippen LogP contribution >= 0.6 is 23.1 Å². The molecule has 7 heteroatoms. The average molecular weight is 469 g/mol. The highest BCUT2D eigenvalue weighted by atomic mass is 32.2. The molecule has 4 aromatic rings. The van der Waals surface area contributed by atoms with E-state index < -0.39 is 10.0 Å². The lowest BCUT2D eigenvalue weighted by Gasteiger charge is -2.18. The van der Waals surface area contributed by atoms with Gasteiger partial charge in [0.2, 0.25) is 10.0 Å². The molecular weight excluding hydrogens is 444 g/mol. The zero-order chi connectivity index (χ0) is 21.7. The first-order valence-electron chi connectivity index (χ1n) is 10.2. The molecule has 4 nitrogen and oxygen atoms in total. The monoisotopic (exact) mass is 468 g/mol. The van der Waals surface area contributed by atoms with E-state index in [9.17, 15) is 8.42 Å². The van der Waals surface area contributed by atoms with Crippen LogP contribution in [0.4, 0.5) is 0 Å². The van der Waals surface area contributed by atoms with E-state index in [1.54, 1.807) is 30.0 Å². The summed E-state index contributed by atoms with van der Waals surface area (Å²) in [5.41, 5.74) is 3.20. The van der Waals surface area contributed by atoms with Gasteiger partial charge in [0.15, 0.2) is 4.34 Å². The number of nitrogens with one attached hydrogen (secondary N) is 1.